The number of amides is 1. The van der Waals surface area contributed by atoms with Gasteiger partial charge < -0.3 is 20.3 Å². The van der Waals surface area contributed by atoms with Crippen molar-refractivity contribution in [3.63, 3.8) is 0 Å². The quantitative estimate of drug-likeness (QED) is 0.334. The van der Waals surface area contributed by atoms with Gasteiger partial charge >= 0.3 is 0 Å². The van der Waals surface area contributed by atoms with Gasteiger partial charge in [-0.05, 0) is 42.2 Å². The molecule has 0 bridgehead atoms. The molecule has 1 aliphatic heterocycles. The van der Waals surface area contributed by atoms with Crippen LogP contribution in [0, 0.1) is 5.41 Å². The Balaban J connectivity index is 0.00000300. The Labute approximate surface area is 191 Å². The van der Waals surface area contributed by atoms with Gasteiger partial charge in [-0.3, -0.25) is 9.79 Å². The van der Waals surface area contributed by atoms with Crippen molar-refractivity contribution in [2.45, 2.75) is 45.1 Å². The van der Waals surface area contributed by atoms with Crippen LogP contribution < -0.4 is 10.6 Å². The van der Waals surface area contributed by atoms with E-state index in [1.165, 1.54) is 36.8 Å². The Morgan fingerprint density at radius 3 is 2.62 bits per heavy atom. The Bertz CT molecular complexity index is 689. The topological polar surface area (TPSA) is 66.0 Å². The minimum absolute atomic E-state index is 0. The van der Waals surface area contributed by atoms with Crippen molar-refractivity contribution in [1.82, 2.24) is 15.5 Å². The van der Waals surface area contributed by atoms with Gasteiger partial charge in [-0.25, -0.2) is 0 Å². The summed E-state index contributed by atoms with van der Waals surface area (Å²) in [4.78, 5) is 18.9. The molecule has 1 aliphatic carbocycles. The smallest absolute Gasteiger partial charge is 0.242 e. The van der Waals surface area contributed by atoms with Gasteiger partial charge in [0.1, 0.15) is 0 Å². The molecular formula is C22H35IN4O2. The maximum atomic E-state index is 12.7. The molecule has 6 nitrogen and oxygen atoms in total. The number of hydrogen-bond donors (Lipinski definition) is 2. The van der Waals surface area contributed by atoms with Crippen LogP contribution in [0.15, 0.2) is 29.3 Å². The van der Waals surface area contributed by atoms with Crippen LogP contribution in [0.2, 0.25) is 0 Å². The number of carbonyl (C=O) groups excluding carboxylic acids is 1. The second-order valence-corrected chi connectivity index (χ2v) is 8.06. The molecule has 29 heavy (non-hydrogen) atoms. The fourth-order valence-corrected chi connectivity index (χ4v) is 4.43. The molecule has 0 radical (unpaired) electrons. The molecule has 1 saturated carbocycles. The summed E-state index contributed by atoms with van der Waals surface area (Å²) in [6.07, 6.45) is 7.02. The molecule has 162 valence electrons. The van der Waals surface area contributed by atoms with E-state index >= 15 is 0 Å². The summed E-state index contributed by atoms with van der Waals surface area (Å²) in [7, 11) is 3.52. The first kappa shape index (κ1) is 23.9. The molecule has 1 aromatic rings. The third-order valence-corrected chi connectivity index (χ3v) is 6.25. The molecule has 2 N–H and O–H groups in total. The zero-order valence-electron chi connectivity index (χ0n) is 17.7. The highest BCUT2D eigenvalue weighted by Crippen LogP contribution is 2.40. The van der Waals surface area contributed by atoms with Crippen molar-refractivity contribution in [2.75, 3.05) is 40.4 Å². The molecule has 0 saturated heterocycles. The average molecular weight is 514 g/mol. The third-order valence-electron chi connectivity index (χ3n) is 6.25. The zero-order chi connectivity index (χ0) is 19.8. The lowest BCUT2D eigenvalue weighted by Crippen LogP contribution is -2.48. The van der Waals surface area contributed by atoms with Crippen molar-refractivity contribution in [1.29, 1.82) is 0 Å². The number of halogens is 1. The summed E-state index contributed by atoms with van der Waals surface area (Å²) in [5.41, 5.74) is 2.90. The van der Waals surface area contributed by atoms with Gasteiger partial charge in [-0.2, -0.15) is 0 Å². The van der Waals surface area contributed by atoms with E-state index in [-0.39, 0.29) is 41.8 Å². The summed E-state index contributed by atoms with van der Waals surface area (Å²) < 4.78 is 5.31. The van der Waals surface area contributed by atoms with Crippen molar-refractivity contribution < 1.29 is 9.53 Å². The third kappa shape index (κ3) is 6.57. The normalized spacial score (nSPS) is 18.0. The zero-order valence-corrected chi connectivity index (χ0v) is 20.0. The number of guanidine groups is 1. The number of carbonyl (C=O) groups is 1. The van der Waals surface area contributed by atoms with Gasteiger partial charge in [0.15, 0.2) is 5.96 Å². The first-order chi connectivity index (χ1) is 13.7. The molecule has 0 unspecified atom stereocenters. The van der Waals surface area contributed by atoms with Crippen molar-refractivity contribution in [3.05, 3.63) is 35.4 Å². The number of fused-ring (bicyclic) bond motifs is 1. The predicted octanol–water partition coefficient (Wildman–Crippen LogP) is 2.95. The van der Waals surface area contributed by atoms with Gasteiger partial charge in [-0.1, -0.05) is 37.1 Å². The van der Waals surface area contributed by atoms with Crippen LogP contribution in [-0.4, -0.2) is 57.2 Å². The van der Waals surface area contributed by atoms with E-state index < -0.39 is 0 Å². The molecule has 0 spiro atoms. The monoisotopic (exact) mass is 514 g/mol. The fraction of sp³-hybridized carbons (Fsp3) is 0.636. The summed E-state index contributed by atoms with van der Waals surface area (Å²) in [6, 6.07) is 8.38. The summed E-state index contributed by atoms with van der Waals surface area (Å²) in [5, 5.41) is 6.65. The number of methoxy groups -OCH3 is 1. The molecule has 1 aromatic carbocycles. The molecular weight excluding hydrogens is 479 g/mol. The molecule has 7 heteroatoms. The van der Waals surface area contributed by atoms with Gasteiger partial charge in [0.25, 0.3) is 0 Å². The predicted molar refractivity (Wildman–Crippen MR) is 128 cm³/mol. The molecule has 0 atom stereocenters. The lowest BCUT2D eigenvalue weighted by Gasteiger charge is -2.31. The van der Waals surface area contributed by atoms with Crippen LogP contribution in [0.4, 0.5) is 0 Å². The largest absolute Gasteiger partial charge is 0.385 e. The number of nitrogens with one attached hydrogen (secondary N) is 2. The number of aliphatic imine (C=N–C) groups is 1. The highest BCUT2D eigenvalue weighted by Gasteiger charge is 2.33. The van der Waals surface area contributed by atoms with E-state index in [9.17, 15) is 4.79 Å². The summed E-state index contributed by atoms with van der Waals surface area (Å²) in [5.74, 6) is 0.821. The number of ether oxygens (including phenoxy) is 1. The highest BCUT2D eigenvalue weighted by molar-refractivity contribution is 14.0. The number of rotatable bonds is 7. The van der Waals surface area contributed by atoms with Gasteiger partial charge in [0.2, 0.25) is 5.91 Å². The minimum Gasteiger partial charge on any atom is -0.385 e. The summed E-state index contributed by atoms with van der Waals surface area (Å²) in [6.45, 7) is 3.42. The van der Waals surface area contributed by atoms with E-state index in [0.717, 1.165) is 32.5 Å². The van der Waals surface area contributed by atoms with Crippen molar-refractivity contribution in [2.24, 2.45) is 10.4 Å². The molecule has 1 heterocycles. The SMILES string of the molecule is CN=C(NCC(=O)N1CCc2ccccc2C1)NCC1(CCOC)CCCC1.I. The first-order valence-corrected chi connectivity index (χ1v) is 10.4. The van der Waals surface area contributed by atoms with Gasteiger partial charge in [0.05, 0.1) is 6.54 Å². The Morgan fingerprint density at radius 2 is 1.93 bits per heavy atom. The highest BCUT2D eigenvalue weighted by atomic mass is 127. The van der Waals surface area contributed by atoms with E-state index in [4.69, 9.17) is 4.74 Å². The van der Waals surface area contributed by atoms with Crippen molar-refractivity contribution in [3.8, 4) is 0 Å². The van der Waals surface area contributed by atoms with Crippen LogP contribution in [0.3, 0.4) is 0 Å². The second kappa shape index (κ2) is 11.7. The van der Waals surface area contributed by atoms with E-state index in [2.05, 4.69) is 33.8 Å². The number of hydrogen-bond acceptors (Lipinski definition) is 3. The molecule has 1 fully saturated rings. The Kier molecular flexibility index (Phi) is 9.68. The van der Waals surface area contributed by atoms with E-state index in [0.29, 0.717) is 12.5 Å². The van der Waals surface area contributed by atoms with E-state index in [1.54, 1.807) is 14.2 Å². The first-order valence-electron chi connectivity index (χ1n) is 10.4. The fourth-order valence-electron chi connectivity index (χ4n) is 4.43. The Hall–Kier alpha value is -1.35. The Morgan fingerprint density at radius 1 is 1.21 bits per heavy atom. The maximum absolute atomic E-state index is 12.7. The molecule has 0 aromatic heterocycles. The summed E-state index contributed by atoms with van der Waals surface area (Å²) >= 11 is 0. The number of benzene rings is 1. The standard InChI is InChI=1S/C22H34N4O2.HI/c1-23-21(25-17-22(12-14-28-2)10-5-6-11-22)24-15-20(27)26-13-9-18-7-3-4-8-19(18)16-26;/h3-4,7-8H,5-6,9-17H2,1-2H3,(H2,23,24,25);1H. The van der Waals surface area contributed by atoms with Crippen molar-refractivity contribution >= 4 is 35.8 Å². The van der Waals surface area contributed by atoms with Crippen LogP contribution in [0.25, 0.3) is 0 Å². The minimum atomic E-state index is 0. The second-order valence-electron chi connectivity index (χ2n) is 8.06. The van der Waals surface area contributed by atoms with Crippen LogP contribution in [-0.2, 0) is 22.5 Å². The molecule has 3 rings (SSSR count). The average Bonchev–Trinajstić information content (AvgIpc) is 3.21. The molecule has 2 aliphatic rings. The lowest BCUT2D eigenvalue weighted by atomic mass is 9.83. The van der Waals surface area contributed by atoms with E-state index in [1.807, 2.05) is 11.0 Å². The van der Waals surface area contributed by atoms with Crippen LogP contribution in [0.1, 0.15) is 43.2 Å². The van der Waals surface area contributed by atoms with Gasteiger partial charge in [0, 0.05) is 40.4 Å². The van der Waals surface area contributed by atoms with Crippen LogP contribution in [0.5, 0.6) is 0 Å². The number of nitrogens with zero attached hydrogens (tertiary/aromatic N) is 2. The lowest BCUT2D eigenvalue weighted by molar-refractivity contribution is -0.130. The molecule has 1 amide bonds. The van der Waals surface area contributed by atoms with Gasteiger partial charge in [-0.15, -0.1) is 24.0 Å². The maximum Gasteiger partial charge on any atom is 0.242 e. The van der Waals surface area contributed by atoms with Crippen LogP contribution >= 0.6 is 24.0 Å².